The Morgan fingerprint density at radius 2 is 2.12 bits per heavy atom. The van der Waals surface area contributed by atoms with Gasteiger partial charge in [0.15, 0.2) is 0 Å². The maximum atomic E-state index is 12.3. The molecule has 0 fully saturated rings. The van der Waals surface area contributed by atoms with Gasteiger partial charge in [-0.1, -0.05) is 19.9 Å². The summed E-state index contributed by atoms with van der Waals surface area (Å²) in [6.45, 7) is 6.71. The molecular formula is C18H22N4OS. The van der Waals surface area contributed by atoms with E-state index in [9.17, 15) is 4.79 Å². The number of anilines is 1. The van der Waals surface area contributed by atoms with Crippen molar-refractivity contribution in [3.63, 3.8) is 0 Å². The van der Waals surface area contributed by atoms with Gasteiger partial charge in [0.2, 0.25) is 5.91 Å². The van der Waals surface area contributed by atoms with Gasteiger partial charge in [-0.05, 0) is 36.4 Å². The molecule has 3 aromatic rings. The highest BCUT2D eigenvalue weighted by Crippen LogP contribution is 2.30. The number of pyridine rings is 1. The highest BCUT2D eigenvalue weighted by atomic mass is 32.1. The number of thiophene rings is 1. The number of hydrogen-bond donors (Lipinski definition) is 2. The van der Waals surface area contributed by atoms with Crippen molar-refractivity contribution in [1.29, 1.82) is 0 Å². The minimum absolute atomic E-state index is 0.00847. The zero-order chi connectivity index (χ0) is 17.1. The van der Waals surface area contributed by atoms with Crippen molar-refractivity contribution in [2.45, 2.75) is 26.8 Å². The van der Waals surface area contributed by atoms with E-state index in [-0.39, 0.29) is 11.9 Å². The van der Waals surface area contributed by atoms with Crippen LogP contribution in [-0.4, -0.2) is 27.9 Å². The van der Waals surface area contributed by atoms with Crippen LogP contribution < -0.4 is 10.6 Å². The van der Waals surface area contributed by atoms with E-state index in [0.717, 1.165) is 22.7 Å². The number of nitrogens with zero attached hydrogens (tertiary/aromatic N) is 2. The second-order valence-electron chi connectivity index (χ2n) is 6.25. The van der Waals surface area contributed by atoms with Crippen LogP contribution in [-0.2, 0) is 4.79 Å². The first kappa shape index (κ1) is 16.5. The molecule has 0 aliphatic carbocycles. The van der Waals surface area contributed by atoms with Crippen LogP contribution in [0.5, 0.6) is 0 Å². The Balaban J connectivity index is 1.90. The van der Waals surface area contributed by atoms with E-state index in [4.69, 9.17) is 4.98 Å². The van der Waals surface area contributed by atoms with Gasteiger partial charge in [-0.3, -0.25) is 9.20 Å². The Morgan fingerprint density at radius 3 is 2.83 bits per heavy atom. The summed E-state index contributed by atoms with van der Waals surface area (Å²) in [5.74, 6) is 1.26. The molecule has 1 atom stereocenters. The van der Waals surface area contributed by atoms with E-state index in [0.29, 0.717) is 12.5 Å². The fourth-order valence-electron chi connectivity index (χ4n) is 2.46. The number of carbonyl (C=O) groups excluding carboxylic acids is 1. The molecule has 0 aromatic carbocycles. The molecule has 3 rings (SSSR count). The molecule has 24 heavy (non-hydrogen) atoms. The molecule has 0 spiro atoms. The molecule has 2 N–H and O–H groups in total. The molecule has 0 radical (unpaired) electrons. The number of imidazole rings is 1. The van der Waals surface area contributed by atoms with Crippen molar-refractivity contribution in [3.8, 4) is 11.3 Å². The van der Waals surface area contributed by atoms with Gasteiger partial charge < -0.3 is 10.6 Å². The number of carbonyl (C=O) groups is 1. The molecule has 0 unspecified atom stereocenters. The third-order valence-corrected chi connectivity index (χ3v) is 4.44. The van der Waals surface area contributed by atoms with Crippen molar-refractivity contribution in [1.82, 2.24) is 14.7 Å². The molecule has 0 bridgehead atoms. The second-order valence-corrected chi connectivity index (χ2v) is 7.03. The highest BCUT2D eigenvalue weighted by molar-refractivity contribution is 7.08. The van der Waals surface area contributed by atoms with E-state index >= 15 is 0 Å². The summed E-state index contributed by atoms with van der Waals surface area (Å²) >= 11 is 1.63. The largest absolute Gasteiger partial charge is 0.358 e. The van der Waals surface area contributed by atoms with Crippen LogP contribution in [0.15, 0.2) is 41.2 Å². The summed E-state index contributed by atoms with van der Waals surface area (Å²) < 4.78 is 1.99. The number of hydrogen-bond acceptors (Lipinski definition) is 4. The minimum Gasteiger partial charge on any atom is -0.358 e. The first-order chi connectivity index (χ1) is 11.6. The summed E-state index contributed by atoms with van der Waals surface area (Å²) in [5, 5.41) is 10.4. The molecule has 3 aromatic heterocycles. The maximum Gasteiger partial charge on any atom is 0.242 e. The normalized spacial score (nSPS) is 12.5. The quantitative estimate of drug-likeness (QED) is 0.719. The average Bonchev–Trinajstić information content (AvgIpc) is 3.20. The molecular weight excluding hydrogens is 320 g/mol. The van der Waals surface area contributed by atoms with Crippen LogP contribution >= 0.6 is 11.3 Å². The topological polar surface area (TPSA) is 58.4 Å². The third-order valence-electron chi connectivity index (χ3n) is 3.76. The molecule has 126 valence electrons. The Kier molecular flexibility index (Phi) is 4.85. The fourth-order valence-corrected chi connectivity index (χ4v) is 3.10. The average molecular weight is 342 g/mol. The van der Waals surface area contributed by atoms with Gasteiger partial charge in [-0.25, -0.2) is 4.98 Å². The van der Waals surface area contributed by atoms with E-state index in [1.165, 1.54) is 0 Å². The zero-order valence-corrected chi connectivity index (χ0v) is 14.9. The monoisotopic (exact) mass is 342 g/mol. The fraction of sp³-hybridized carbons (Fsp3) is 0.333. The summed E-state index contributed by atoms with van der Waals surface area (Å²) in [6.07, 6.45) is 1.96. The second kappa shape index (κ2) is 7.05. The Labute approximate surface area is 145 Å². The lowest BCUT2D eigenvalue weighted by atomic mass is 10.2. The van der Waals surface area contributed by atoms with Gasteiger partial charge in [-0.2, -0.15) is 11.3 Å². The molecule has 1 amide bonds. The lowest BCUT2D eigenvalue weighted by Gasteiger charge is -2.17. The standard InChI is InChI=1S/C18H22N4OS/c1-12(2)10-19-18(23)13(3)20-17-16(14-7-9-24-11-14)21-15-6-4-5-8-22(15)17/h4-9,11-13,20H,10H2,1-3H3,(H,19,23)/t13-/m0/s1. The molecule has 0 saturated heterocycles. The van der Waals surface area contributed by atoms with Gasteiger partial charge in [-0.15, -0.1) is 0 Å². The SMILES string of the molecule is CC(C)CNC(=O)[C@H](C)Nc1c(-c2ccsc2)nc2ccccn12. The van der Waals surface area contributed by atoms with Crippen molar-refractivity contribution < 1.29 is 4.79 Å². The Morgan fingerprint density at radius 1 is 1.29 bits per heavy atom. The third kappa shape index (κ3) is 3.43. The number of aromatic nitrogens is 2. The van der Waals surface area contributed by atoms with E-state index in [2.05, 4.69) is 29.9 Å². The summed E-state index contributed by atoms with van der Waals surface area (Å²) in [6, 6.07) is 7.58. The van der Waals surface area contributed by atoms with Gasteiger partial charge in [0.25, 0.3) is 0 Å². The van der Waals surface area contributed by atoms with Crippen LogP contribution in [0.1, 0.15) is 20.8 Å². The van der Waals surface area contributed by atoms with Crippen LogP contribution in [0, 0.1) is 5.92 Å². The van der Waals surface area contributed by atoms with Crippen LogP contribution in [0.3, 0.4) is 0 Å². The molecule has 0 saturated carbocycles. The first-order valence-electron chi connectivity index (χ1n) is 8.10. The predicted molar refractivity (Wildman–Crippen MR) is 99.4 cm³/mol. The molecule has 0 aliphatic rings. The van der Waals surface area contributed by atoms with Crippen LogP contribution in [0.25, 0.3) is 16.9 Å². The summed E-state index contributed by atoms with van der Waals surface area (Å²) in [5.41, 5.74) is 2.78. The van der Waals surface area contributed by atoms with Gasteiger partial charge in [0, 0.05) is 23.7 Å². The van der Waals surface area contributed by atoms with Gasteiger partial charge in [0.05, 0.1) is 0 Å². The maximum absolute atomic E-state index is 12.3. The van der Waals surface area contributed by atoms with E-state index in [1.807, 2.05) is 47.2 Å². The molecule has 0 aliphatic heterocycles. The molecule has 3 heterocycles. The van der Waals surface area contributed by atoms with Crippen molar-refractivity contribution >= 4 is 28.7 Å². The van der Waals surface area contributed by atoms with Gasteiger partial charge in [0.1, 0.15) is 23.2 Å². The smallest absolute Gasteiger partial charge is 0.242 e. The molecule has 6 heteroatoms. The Bertz CT molecular complexity index is 823. The molecule has 5 nitrogen and oxygen atoms in total. The number of amides is 1. The van der Waals surface area contributed by atoms with Gasteiger partial charge >= 0.3 is 0 Å². The predicted octanol–water partition coefficient (Wildman–Crippen LogP) is 3.64. The minimum atomic E-state index is -0.346. The highest BCUT2D eigenvalue weighted by Gasteiger charge is 2.19. The number of rotatable bonds is 6. The van der Waals surface area contributed by atoms with E-state index in [1.54, 1.807) is 11.3 Å². The van der Waals surface area contributed by atoms with Crippen molar-refractivity contribution in [2.24, 2.45) is 5.92 Å². The lowest BCUT2D eigenvalue weighted by molar-refractivity contribution is -0.121. The van der Waals surface area contributed by atoms with Crippen LogP contribution in [0.2, 0.25) is 0 Å². The summed E-state index contributed by atoms with van der Waals surface area (Å²) in [7, 11) is 0. The van der Waals surface area contributed by atoms with Crippen molar-refractivity contribution in [3.05, 3.63) is 41.2 Å². The summed E-state index contributed by atoms with van der Waals surface area (Å²) in [4.78, 5) is 17.0. The Hall–Kier alpha value is -2.34. The number of nitrogens with one attached hydrogen (secondary N) is 2. The van der Waals surface area contributed by atoms with Crippen LogP contribution in [0.4, 0.5) is 5.82 Å². The number of fused-ring (bicyclic) bond motifs is 1. The van der Waals surface area contributed by atoms with E-state index < -0.39 is 0 Å². The first-order valence-corrected chi connectivity index (χ1v) is 9.04. The zero-order valence-electron chi connectivity index (χ0n) is 14.1. The van der Waals surface area contributed by atoms with Crippen molar-refractivity contribution in [2.75, 3.05) is 11.9 Å². The lowest BCUT2D eigenvalue weighted by Crippen LogP contribution is -2.39.